The Hall–Kier alpha value is -2.17. The van der Waals surface area contributed by atoms with Crippen LogP contribution in [0.3, 0.4) is 0 Å². The number of imide groups is 1. The number of aliphatic carboxylic acids is 1. The molecule has 1 atom stereocenters. The maximum atomic E-state index is 12.1. The van der Waals surface area contributed by atoms with Crippen LogP contribution in [0.4, 0.5) is 0 Å². The molecule has 1 N–H and O–H groups in total. The third-order valence-electron chi connectivity index (χ3n) is 3.22. The molecule has 5 heteroatoms. The van der Waals surface area contributed by atoms with E-state index in [2.05, 4.69) is 0 Å². The van der Waals surface area contributed by atoms with Crippen molar-refractivity contribution in [1.82, 2.24) is 4.90 Å². The Morgan fingerprint density at radius 1 is 1.26 bits per heavy atom. The van der Waals surface area contributed by atoms with Gasteiger partial charge >= 0.3 is 5.97 Å². The highest BCUT2D eigenvalue weighted by molar-refractivity contribution is 6.06. The highest BCUT2D eigenvalue weighted by atomic mass is 16.4. The Labute approximate surface area is 110 Å². The first-order valence-corrected chi connectivity index (χ1v) is 6.20. The molecule has 5 nitrogen and oxygen atoms in total. The number of nitrogens with zero attached hydrogens (tertiary/aromatic N) is 1. The Kier molecular flexibility index (Phi) is 3.94. The van der Waals surface area contributed by atoms with Crippen molar-refractivity contribution >= 4 is 17.8 Å². The Balaban J connectivity index is 2.02. The van der Waals surface area contributed by atoms with Crippen molar-refractivity contribution in [3.8, 4) is 0 Å². The standard InChI is InChI=1S/C14H15NO4/c16-12-9-11(10-5-2-1-3-6-10)14(19)15(12)8-4-7-13(17)18/h1-3,5-6,11H,4,7-9H2,(H,17,18)/t11-/m0/s1. The summed E-state index contributed by atoms with van der Waals surface area (Å²) in [5.74, 6) is -1.77. The molecule has 1 aliphatic rings. The summed E-state index contributed by atoms with van der Waals surface area (Å²) in [6.07, 6.45) is 0.442. The zero-order valence-corrected chi connectivity index (χ0v) is 10.4. The maximum Gasteiger partial charge on any atom is 0.303 e. The Morgan fingerprint density at radius 2 is 1.95 bits per heavy atom. The van der Waals surface area contributed by atoms with Crippen molar-refractivity contribution in [2.45, 2.75) is 25.2 Å². The van der Waals surface area contributed by atoms with Crippen LogP contribution in [0.2, 0.25) is 0 Å². The number of benzene rings is 1. The van der Waals surface area contributed by atoms with E-state index in [9.17, 15) is 14.4 Å². The molecule has 0 spiro atoms. The van der Waals surface area contributed by atoms with Gasteiger partial charge in [-0.1, -0.05) is 30.3 Å². The number of carbonyl (C=O) groups excluding carboxylic acids is 2. The second kappa shape index (κ2) is 5.65. The van der Waals surface area contributed by atoms with E-state index in [4.69, 9.17) is 5.11 Å². The van der Waals surface area contributed by atoms with E-state index in [1.807, 2.05) is 30.3 Å². The van der Waals surface area contributed by atoms with E-state index in [-0.39, 0.29) is 31.2 Å². The molecular formula is C14H15NO4. The van der Waals surface area contributed by atoms with Gasteiger partial charge in [0.15, 0.2) is 0 Å². The van der Waals surface area contributed by atoms with Crippen LogP contribution in [-0.2, 0) is 14.4 Å². The number of carbonyl (C=O) groups is 3. The lowest BCUT2D eigenvalue weighted by atomic mass is 9.98. The van der Waals surface area contributed by atoms with Crippen LogP contribution >= 0.6 is 0 Å². The van der Waals surface area contributed by atoms with Gasteiger partial charge in [0, 0.05) is 19.4 Å². The number of hydrogen-bond donors (Lipinski definition) is 1. The molecule has 1 aliphatic heterocycles. The normalized spacial score (nSPS) is 18.9. The second-order valence-electron chi connectivity index (χ2n) is 4.55. The third kappa shape index (κ3) is 2.99. The lowest BCUT2D eigenvalue weighted by Crippen LogP contribution is -2.31. The van der Waals surface area contributed by atoms with Crippen molar-refractivity contribution < 1.29 is 19.5 Å². The predicted molar refractivity (Wildman–Crippen MR) is 67.4 cm³/mol. The molecule has 0 unspecified atom stereocenters. The average Bonchev–Trinajstić information content (AvgIpc) is 2.67. The van der Waals surface area contributed by atoms with E-state index in [0.29, 0.717) is 6.42 Å². The Bertz CT molecular complexity index is 497. The number of likely N-dealkylation sites (tertiary alicyclic amines) is 1. The van der Waals surface area contributed by atoms with Gasteiger partial charge in [-0.3, -0.25) is 19.3 Å². The van der Waals surface area contributed by atoms with Crippen molar-refractivity contribution in [2.24, 2.45) is 0 Å². The number of hydrogen-bond acceptors (Lipinski definition) is 3. The minimum atomic E-state index is -0.918. The van der Waals surface area contributed by atoms with Crippen LogP contribution in [0.25, 0.3) is 0 Å². The first kappa shape index (κ1) is 13.3. The van der Waals surface area contributed by atoms with E-state index in [0.717, 1.165) is 5.56 Å². The maximum absolute atomic E-state index is 12.1. The molecular weight excluding hydrogens is 246 g/mol. The van der Waals surface area contributed by atoms with Gasteiger partial charge in [0.05, 0.1) is 5.92 Å². The van der Waals surface area contributed by atoms with Gasteiger partial charge in [-0.25, -0.2) is 0 Å². The molecule has 1 saturated heterocycles. The molecule has 2 rings (SSSR count). The largest absolute Gasteiger partial charge is 0.481 e. The number of carboxylic acid groups (broad SMARTS) is 1. The summed E-state index contributed by atoms with van der Waals surface area (Å²) in [7, 11) is 0. The highest BCUT2D eigenvalue weighted by Crippen LogP contribution is 2.29. The summed E-state index contributed by atoms with van der Waals surface area (Å²) >= 11 is 0. The zero-order chi connectivity index (χ0) is 13.8. The van der Waals surface area contributed by atoms with Crippen LogP contribution in [0.5, 0.6) is 0 Å². The fourth-order valence-corrected chi connectivity index (χ4v) is 2.25. The predicted octanol–water partition coefficient (Wildman–Crippen LogP) is 1.39. The van der Waals surface area contributed by atoms with Crippen molar-refractivity contribution in [3.05, 3.63) is 35.9 Å². The summed E-state index contributed by atoms with van der Waals surface area (Å²) in [4.78, 5) is 35.6. The zero-order valence-electron chi connectivity index (χ0n) is 10.4. The Morgan fingerprint density at radius 3 is 2.58 bits per heavy atom. The summed E-state index contributed by atoms with van der Waals surface area (Å²) in [6.45, 7) is 0.188. The second-order valence-corrected chi connectivity index (χ2v) is 4.55. The van der Waals surface area contributed by atoms with Gasteiger partial charge in [-0.15, -0.1) is 0 Å². The van der Waals surface area contributed by atoms with Crippen LogP contribution in [0, 0.1) is 0 Å². The fourth-order valence-electron chi connectivity index (χ4n) is 2.25. The van der Waals surface area contributed by atoms with Crippen molar-refractivity contribution in [2.75, 3.05) is 6.54 Å². The van der Waals surface area contributed by atoms with Crippen LogP contribution in [0.15, 0.2) is 30.3 Å². The molecule has 1 aromatic carbocycles. The van der Waals surface area contributed by atoms with Gasteiger partial charge < -0.3 is 5.11 Å². The van der Waals surface area contributed by atoms with Gasteiger partial charge in [0.1, 0.15) is 0 Å². The molecule has 0 aromatic heterocycles. The van der Waals surface area contributed by atoms with E-state index >= 15 is 0 Å². The summed E-state index contributed by atoms with van der Waals surface area (Å²) in [5, 5.41) is 8.56. The van der Waals surface area contributed by atoms with Gasteiger partial charge in [-0.05, 0) is 12.0 Å². The topological polar surface area (TPSA) is 74.7 Å². The first-order chi connectivity index (χ1) is 9.09. The van der Waals surface area contributed by atoms with E-state index < -0.39 is 11.9 Å². The van der Waals surface area contributed by atoms with E-state index in [1.54, 1.807) is 0 Å². The molecule has 100 valence electrons. The quantitative estimate of drug-likeness (QED) is 0.813. The molecule has 0 bridgehead atoms. The summed E-state index contributed by atoms with van der Waals surface area (Å²) < 4.78 is 0. The molecule has 1 aromatic rings. The molecule has 0 aliphatic carbocycles. The van der Waals surface area contributed by atoms with Crippen molar-refractivity contribution in [3.63, 3.8) is 0 Å². The molecule has 2 amide bonds. The minimum absolute atomic E-state index is 0.0347. The minimum Gasteiger partial charge on any atom is -0.481 e. The smallest absolute Gasteiger partial charge is 0.303 e. The molecule has 1 heterocycles. The molecule has 19 heavy (non-hydrogen) atoms. The van der Waals surface area contributed by atoms with Gasteiger partial charge in [0.25, 0.3) is 0 Å². The molecule has 0 saturated carbocycles. The number of rotatable bonds is 5. The number of carboxylic acids is 1. The summed E-state index contributed by atoms with van der Waals surface area (Å²) in [5.41, 5.74) is 0.835. The van der Waals surface area contributed by atoms with Gasteiger partial charge in [0.2, 0.25) is 11.8 Å². The van der Waals surface area contributed by atoms with Crippen LogP contribution < -0.4 is 0 Å². The average molecular weight is 261 g/mol. The van der Waals surface area contributed by atoms with Crippen molar-refractivity contribution in [1.29, 1.82) is 0 Å². The fraction of sp³-hybridized carbons (Fsp3) is 0.357. The first-order valence-electron chi connectivity index (χ1n) is 6.20. The SMILES string of the molecule is O=C(O)CCCN1C(=O)C[C@@H](c2ccccc2)C1=O. The van der Waals surface area contributed by atoms with Crippen LogP contribution in [-0.4, -0.2) is 34.3 Å². The lowest BCUT2D eigenvalue weighted by molar-refractivity contribution is -0.141. The molecule has 0 radical (unpaired) electrons. The van der Waals surface area contributed by atoms with Gasteiger partial charge in [-0.2, -0.15) is 0 Å². The van der Waals surface area contributed by atoms with E-state index in [1.165, 1.54) is 4.90 Å². The number of amides is 2. The van der Waals surface area contributed by atoms with Crippen LogP contribution in [0.1, 0.15) is 30.7 Å². The molecule has 1 fully saturated rings. The third-order valence-corrected chi connectivity index (χ3v) is 3.22. The summed E-state index contributed by atoms with van der Waals surface area (Å²) in [6, 6.07) is 9.18. The lowest BCUT2D eigenvalue weighted by Gasteiger charge is -2.14. The highest BCUT2D eigenvalue weighted by Gasteiger charge is 2.38. The monoisotopic (exact) mass is 261 g/mol.